The van der Waals surface area contributed by atoms with Gasteiger partial charge in [0.1, 0.15) is 5.82 Å². The molecule has 0 N–H and O–H groups in total. The molecule has 9 heteroatoms. The van der Waals surface area contributed by atoms with Crippen molar-refractivity contribution in [2.45, 2.75) is 44.2 Å². The first kappa shape index (κ1) is 21.4. The van der Waals surface area contributed by atoms with E-state index in [0.717, 1.165) is 31.5 Å². The summed E-state index contributed by atoms with van der Waals surface area (Å²) in [6.07, 6.45) is 3.75. The van der Waals surface area contributed by atoms with Gasteiger partial charge < -0.3 is 19.1 Å². The van der Waals surface area contributed by atoms with E-state index in [1.807, 2.05) is 9.47 Å². The lowest BCUT2D eigenvalue weighted by atomic mass is 9.96. The van der Waals surface area contributed by atoms with Crippen LogP contribution in [0.5, 0.6) is 11.5 Å². The van der Waals surface area contributed by atoms with Gasteiger partial charge in [0.05, 0.1) is 32.9 Å². The molecule has 2 heterocycles. The van der Waals surface area contributed by atoms with E-state index in [4.69, 9.17) is 14.2 Å². The molecule has 0 spiro atoms. The van der Waals surface area contributed by atoms with E-state index in [1.165, 1.54) is 11.8 Å². The van der Waals surface area contributed by atoms with Crippen molar-refractivity contribution >= 4 is 5.91 Å². The van der Waals surface area contributed by atoms with Crippen LogP contribution in [-0.4, -0.2) is 66.2 Å². The number of piperidine rings is 1. The summed E-state index contributed by atoms with van der Waals surface area (Å²) in [6.45, 7) is 2.05. The van der Waals surface area contributed by atoms with Crippen molar-refractivity contribution in [1.82, 2.24) is 19.2 Å². The number of rotatable bonds is 8. The van der Waals surface area contributed by atoms with Gasteiger partial charge in [-0.25, -0.2) is 9.48 Å². The largest absolute Gasteiger partial charge is 0.493 e. The van der Waals surface area contributed by atoms with Crippen LogP contribution in [0.2, 0.25) is 0 Å². The van der Waals surface area contributed by atoms with Crippen LogP contribution < -0.4 is 15.2 Å². The van der Waals surface area contributed by atoms with Crippen LogP contribution in [-0.2, 0) is 11.3 Å². The molecule has 9 nitrogen and oxygen atoms in total. The normalized spacial score (nSPS) is 18.8. The molecule has 2 fully saturated rings. The summed E-state index contributed by atoms with van der Waals surface area (Å²) in [5.74, 6) is 1.68. The summed E-state index contributed by atoms with van der Waals surface area (Å²) in [4.78, 5) is 28.1. The fourth-order valence-corrected chi connectivity index (χ4v) is 4.31. The topological polar surface area (TPSA) is 87.8 Å². The fourth-order valence-electron chi connectivity index (χ4n) is 4.31. The zero-order valence-electron chi connectivity index (χ0n) is 18.4. The highest BCUT2D eigenvalue weighted by atomic mass is 16.5. The maximum absolute atomic E-state index is 13.3. The Labute approximate surface area is 181 Å². The Balaban J connectivity index is 1.60. The first-order chi connectivity index (χ1) is 15.1. The number of hydrogen-bond acceptors (Lipinski definition) is 6. The molecule has 1 atom stereocenters. The lowest BCUT2D eigenvalue weighted by Gasteiger charge is -2.32. The second-order valence-electron chi connectivity index (χ2n) is 8.09. The Morgan fingerprint density at radius 2 is 1.97 bits per heavy atom. The minimum atomic E-state index is -0.0976. The van der Waals surface area contributed by atoms with Crippen molar-refractivity contribution in [1.29, 1.82) is 0 Å². The summed E-state index contributed by atoms with van der Waals surface area (Å²) in [7, 11) is 4.70. The summed E-state index contributed by atoms with van der Waals surface area (Å²) >= 11 is 0. The molecule has 1 aromatic carbocycles. The molecule has 168 valence electrons. The number of para-hydroxylation sites is 1. The predicted octanol–water partition coefficient (Wildman–Crippen LogP) is 2.06. The molecule has 2 aliphatic rings. The summed E-state index contributed by atoms with van der Waals surface area (Å²) in [6, 6.07) is 5.55. The van der Waals surface area contributed by atoms with Crippen LogP contribution in [0.1, 0.15) is 53.8 Å². The third kappa shape index (κ3) is 4.19. The molecule has 0 radical (unpaired) electrons. The van der Waals surface area contributed by atoms with E-state index >= 15 is 0 Å². The highest BCUT2D eigenvalue weighted by Gasteiger charge is 2.35. The first-order valence-electron chi connectivity index (χ1n) is 10.8. The molecule has 1 saturated carbocycles. The van der Waals surface area contributed by atoms with Gasteiger partial charge in [0.25, 0.3) is 5.91 Å². The Kier molecular flexibility index (Phi) is 6.31. The zero-order chi connectivity index (χ0) is 22.0. The van der Waals surface area contributed by atoms with Crippen LogP contribution in [0.4, 0.5) is 0 Å². The van der Waals surface area contributed by atoms with E-state index in [-0.39, 0.29) is 23.6 Å². The van der Waals surface area contributed by atoms with Crippen molar-refractivity contribution in [3.05, 3.63) is 40.1 Å². The Morgan fingerprint density at radius 1 is 1.16 bits per heavy atom. The summed E-state index contributed by atoms with van der Waals surface area (Å²) < 4.78 is 19.3. The van der Waals surface area contributed by atoms with Gasteiger partial charge in [0.15, 0.2) is 11.5 Å². The third-order valence-electron chi connectivity index (χ3n) is 6.02. The molecule has 2 aromatic rings. The van der Waals surface area contributed by atoms with Gasteiger partial charge in [-0.3, -0.25) is 9.36 Å². The SMILES string of the molecule is COCCn1nc(C2CCCN(C(=O)c3cccc(OC)c3OC)C2)n(C2CC2)c1=O. The molecule has 4 rings (SSSR count). The van der Waals surface area contributed by atoms with Crippen molar-refractivity contribution in [3.63, 3.8) is 0 Å². The second kappa shape index (κ2) is 9.13. The van der Waals surface area contributed by atoms with E-state index in [9.17, 15) is 9.59 Å². The van der Waals surface area contributed by atoms with Gasteiger partial charge >= 0.3 is 5.69 Å². The maximum atomic E-state index is 13.3. The van der Waals surface area contributed by atoms with Crippen molar-refractivity contribution in [2.24, 2.45) is 0 Å². The molecule has 1 aliphatic carbocycles. The van der Waals surface area contributed by atoms with Crippen LogP contribution in [0.3, 0.4) is 0 Å². The Morgan fingerprint density at radius 3 is 2.65 bits per heavy atom. The average molecular weight is 431 g/mol. The first-order valence-corrected chi connectivity index (χ1v) is 10.8. The number of hydrogen-bond donors (Lipinski definition) is 0. The van der Waals surface area contributed by atoms with Crippen LogP contribution in [0.25, 0.3) is 0 Å². The highest BCUT2D eigenvalue weighted by Crippen LogP contribution is 2.38. The third-order valence-corrected chi connectivity index (χ3v) is 6.02. The van der Waals surface area contributed by atoms with Crippen molar-refractivity contribution in [2.75, 3.05) is 41.0 Å². The molecule has 1 unspecified atom stereocenters. The monoisotopic (exact) mass is 430 g/mol. The van der Waals surface area contributed by atoms with Gasteiger partial charge in [0, 0.05) is 32.2 Å². The van der Waals surface area contributed by atoms with E-state index < -0.39 is 0 Å². The van der Waals surface area contributed by atoms with Crippen LogP contribution in [0.15, 0.2) is 23.0 Å². The average Bonchev–Trinajstić information content (AvgIpc) is 3.59. The second-order valence-corrected chi connectivity index (χ2v) is 8.09. The van der Waals surface area contributed by atoms with Gasteiger partial charge in [0.2, 0.25) is 0 Å². The predicted molar refractivity (Wildman–Crippen MR) is 114 cm³/mol. The number of methoxy groups -OCH3 is 3. The van der Waals surface area contributed by atoms with Gasteiger partial charge in [-0.1, -0.05) is 6.07 Å². The fraction of sp³-hybridized carbons (Fsp3) is 0.591. The number of carbonyl (C=O) groups excluding carboxylic acids is 1. The summed E-state index contributed by atoms with van der Waals surface area (Å²) in [5.41, 5.74) is 0.403. The van der Waals surface area contributed by atoms with Gasteiger partial charge in [-0.05, 0) is 37.8 Å². The van der Waals surface area contributed by atoms with E-state index in [2.05, 4.69) is 5.10 Å². The molecular formula is C22H30N4O5. The molecule has 0 bridgehead atoms. The molecule has 31 heavy (non-hydrogen) atoms. The standard InChI is InChI=1S/C22H30N4O5/c1-29-13-12-25-22(28)26(16-9-10-16)20(23-25)15-6-5-11-24(14-15)21(27)17-7-4-8-18(30-2)19(17)31-3/h4,7-8,15-16H,5-6,9-14H2,1-3H3. The molecule has 1 amide bonds. The molecule has 1 aliphatic heterocycles. The lowest BCUT2D eigenvalue weighted by molar-refractivity contribution is 0.0699. The van der Waals surface area contributed by atoms with Crippen LogP contribution >= 0.6 is 0 Å². The smallest absolute Gasteiger partial charge is 0.346 e. The number of aromatic nitrogens is 3. The van der Waals surface area contributed by atoms with Crippen molar-refractivity contribution < 1.29 is 19.0 Å². The number of nitrogens with zero attached hydrogens (tertiary/aromatic N) is 4. The van der Waals surface area contributed by atoms with Crippen molar-refractivity contribution in [3.8, 4) is 11.5 Å². The van der Waals surface area contributed by atoms with Gasteiger partial charge in [-0.2, -0.15) is 5.10 Å². The lowest BCUT2D eigenvalue weighted by Crippen LogP contribution is -2.40. The molecule has 1 aromatic heterocycles. The number of amides is 1. The number of benzene rings is 1. The van der Waals surface area contributed by atoms with Gasteiger partial charge in [-0.15, -0.1) is 0 Å². The highest BCUT2D eigenvalue weighted by molar-refractivity contribution is 5.98. The van der Waals surface area contributed by atoms with E-state index in [1.54, 1.807) is 32.4 Å². The minimum absolute atomic E-state index is 0.0198. The summed E-state index contributed by atoms with van der Waals surface area (Å²) in [5, 5.41) is 4.66. The molecule has 1 saturated heterocycles. The van der Waals surface area contributed by atoms with Crippen LogP contribution in [0, 0.1) is 0 Å². The Bertz CT molecular complexity index is 994. The molecular weight excluding hydrogens is 400 g/mol. The number of carbonyl (C=O) groups is 1. The maximum Gasteiger partial charge on any atom is 0.346 e. The number of ether oxygens (including phenoxy) is 3. The zero-order valence-corrected chi connectivity index (χ0v) is 18.4. The van der Waals surface area contributed by atoms with E-state index in [0.29, 0.717) is 43.3 Å². The number of likely N-dealkylation sites (tertiary alicyclic amines) is 1. The minimum Gasteiger partial charge on any atom is -0.493 e. The quantitative estimate of drug-likeness (QED) is 0.637. The Hall–Kier alpha value is -2.81.